The van der Waals surface area contributed by atoms with Crippen LogP contribution in [0.1, 0.15) is 30.5 Å². The molecule has 1 rings (SSSR count). The predicted molar refractivity (Wildman–Crippen MR) is 57.9 cm³/mol. The van der Waals surface area contributed by atoms with Crippen LogP contribution in [-0.2, 0) is 0 Å². The molecule has 1 aromatic carbocycles. The van der Waals surface area contributed by atoms with Gasteiger partial charge in [-0.25, -0.2) is 0 Å². The molecule has 0 amide bonds. The summed E-state index contributed by atoms with van der Waals surface area (Å²) in [5.74, 6) is 0. The van der Waals surface area contributed by atoms with Crippen LogP contribution in [0, 0.1) is 6.92 Å². The Morgan fingerprint density at radius 3 is 2.31 bits per heavy atom. The van der Waals surface area contributed by atoms with Crippen molar-refractivity contribution in [2.24, 2.45) is 0 Å². The Kier molecular flexibility index (Phi) is 3.49. The molecular formula is C12H19N. The summed E-state index contributed by atoms with van der Waals surface area (Å²) in [5.41, 5.74) is 2.85. The molecule has 1 aromatic rings. The molecule has 0 saturated carbocycles. The molecule has 0 radical (unpaired) electrons. The van der Waals surface area contributed by atoms with Gasteiger partial charge in [-0.15, -0.1) is 0 Å². The van der Waals surface area contributed by atoms with E-state index in [1.165, 1.54) is 11.1 Å². The highest BCUT2D eigenvalue weighted by atomic mass is 15.1. The van der Waals surface area contributed by atoms with Gasteiger partial charge in [-0.2, -0.15) is 0 Å². The van der Waals surface area contributed by atoms with Gasteiger partial charge in [-0.05, 0) is 38.6 Å². The summed E-state index contributed by atoms with van der Waals surface area (Å²) in [6.45, 7) is 4.42. The summed E-state index contributed by atoms with van der Waals surface area (Å²) in [7, 11) is 4.28. The standard InChI is InChI=1S/C12H19N/c1-5-12(13(3)4)11-9-7-6-8-10(11)2/h6-9,12H,5H2,1-4H3. The highest BCUT2D eigenvalue weighted by Gasteiger charge is 2.12. The number of hydrogen-bond acceptors (Lipinski definition) is 1. The zero-order valence-corrected chi connectivity index (χ0v) is 9.04. The van der Waals surface area contributed by atoms with E-state index in [4.69, 9.17) is 0 Å². The molecular weight excluding hydrogens is 158 g/mol. The number of hydrogen-bond donors (Lipinski definition) is 0. The van der Waals surface area contributed by atoms with Gasteiger partial charge in [0.2, 0.25) is 0 Å². The van der Waals surface area contributed by atoms with Crippen molar-refractivity contribution >= 4 is 0 Å². The summed E-state index contributed by atoms with van der Waals surface area (Å²) >= 11 is 0. The van der Waals surface area contributed by atoms with Gasteiger partial charge in [0, 0.05) is 6.04 Å². The molecule has 1 nitrogen and oxygen atoms in total. The SMILES string of the molecule is CCC(c1ccccc1C)N(C)C. The Morgan fingerprint density at radius 1 is 1.23 bits per heavy atom. The average molecular weight is 177 g/mol. The zero-order chi connectivity index (χ0) is 9.84. The minimum atomic E-state index is 0.557. The van der Waals surface area contributed by atoms with E-state index in [-0.39, 0.29) is 0 Å². The molecule has 0 aliphatic rings. The van der Waals surface area contributed by atoms with Crippen molar-refractivity contribution in [3.05, 3.63) is 35.4 Å². The Balaban J connectivity index is 2.97. The first-order valence-corrected chi connectivity index (χ1v) is 4.88. The Hall–Kier alpha value is -0.820. The van der Waals surface area contributed by atoms with Crippen LogP contribution in [0.3, 0.4) is 0 Å². The van der Waals surface area contributed by atoms with Gasteiger partial charge in [0.15, 0.2) is 0 Å². The van der Waals surface area contributed by atoms with Gasteiger partial charge >= 0.3 is 0 Å². The lowest BCUT2D eigenvalue weighted by atomic mass is 9.99. The van der Waals surface area contributed by atoms with Crippen LogP contribution in [-0.4, -0.2) is 19.0 Å². The van der Waals surface area contributed by atoms with Crippen molar-refractivity contribution in [3.8, 4) is 0 Å². The van der Waals surface area contributed by atoms with Crippen molar-refractivity contribution in [1.29, 1.82) is 0 Å². The van der Waals surface area contributed by atoms with Crippen molar-refractivity contribution < 1.29 is 0 Å². The molecule has 0 aromatic heterocycles. The normalized spacial score (nSPS) is 13.3. The Morgan fingerprint density at radius 2 is 1.85 bits per heavy atom. The molecule has 72 valence electrons. The molecule has 0 saturated heterocycles. The van der Waals surface area contributed by atoms with Gasteiger partial charge in [-0.3, -0.25) is 0 Å². The molecule has 1 atom stereocenters. The second kappa shape index (κ2) is 4.43. The molecule has 13 heavy (non-hydrogen) atoms. The molecule has 0 bridgehead atoms. The van der Waals surface area contributed by atoms with Crippen LogP contribution < -0.4 is 0 Å². The van der Waals surface area contributed by atoms with Gasteiger partial charge in [-0.1, -0.05) is 31.2 Å². The summed E-state index contributed by atoms with van der Waals surface area (Å²) in [6, 6.07) is 9.18. The number of rotatable bonds is 3. The molecule has 0 fully saturated rings. The van der Waals surface area contributed by atoms with Crippen molar-refractivity contribution in [2.75, 3.05) is 14.1 Å². The van der Waals surface area contributed by atoms with Crippen molar-refractivity contribution in [3.63, 3.8) is 0 Å². The minimum Gasteiger partial charge on any atom is -0.302 e. The Bertz CT molecular complexity index is 266. The van der Waals surface area contributed by atoms with Crippen molar-refractivity contribution in [2.45, 2.75) is 26.3 Å². The topological polar surface area (TPSA) is 3.24 Å². The van der Waals surface area contributed by atoms with E-state index in [1.807, 2.05) is 0 Å². The third-order valence-electron chi connectivity index (χ3n) is 2.56. The van der Waals surface area contributed by atoms with Crippen LogP contribution >= 0.6 is 0 Å². The molecule has 1 unspecified atom stereocenters. The first kappa shape index (κ1) is 10.3. The zero-order valence-electron chi connectivity index (χ0n) is 9.04. The maximum Gasteiger partial charge on any atom is 0.0342 e. The van der Waals surface area contributed by atoms with E-state index in [2.05, 4.69) is 57.1 Å². The maximum absolute atomic E-state index is 2.28. The molecule has 0 aliphatic heterocycles. The first-order valence-electron chi connectivity index (χ1n) is 4.88. The molecule has 0 spiro atoms. The van der Waals surface area contributed by atoms with Gasteiger partial charge in [0.1, 0.15) is 0 Å². The van der Waals surface area contributed by atoms with Gasteiger partial charge < -0.3 is 4.90 Å². The summed E-state index contributed by atoms with van der Waals surface area (Å²) < 4.78 is 0. The Labute approximate surface area is 81.4 Å². The van der Waals surface area contributed by atoms with Crippen molar-refractivity contribution in [1.82, 2.24) is 4.90 Å². The van der Waals surface area contributed by atoms with Gasteiger partial charge in [0.05, 0.1) is 0 Å². The fraction of sp³-hybridized carbons (Fsp3) is 0.500. The summed E-state index contributed by atoms with van der Waals surface area (Å²) in [5, 5.41) is 0. The van der Waals surface area contributed by atoms with Crippen LogP contribution in [0.15, 0.2) is 24.3 Å². The fourth-order valence-electron chi connectivity index (χ4n) is 1.82. The smallest absolute Gasteiger partial charge is 0.0342 e. The average Bonchev–Trinajstić information content (AvgIpc) is 2.09. The highest BCUT2D eigenvalue weighted by molar-refractivity contribution is 5.28. The third-order valence-corrected chi connectivity index (χ3v) is 2.56. The van der Waals surface area contributed by atoms with E-state index in [1.54, 1.807) is 0 Å². The van der Waals surface area contributed by atoms with E-state index in [9.17, 15) is 0 Å². The third kappa shape index (κ3) is 2.31. The monoisotopic (exact) mass is 177 g/mol. The summed E-state index contributed by atoms with van der Waals surface area (Å²) in [4.78, 5) is 2.28. The van der Waals surface area contributed by atoms with E-state index in [0.29, 0.717) is 6.04 Å². The van der Waals surface area contributed by atoms with Crippen LogP contribution in [0.25, 0.3) is 0 Å². The largest absolute Gasteiger partial charge is 0.302 e. The lowest BCUT2D eigenvalue weighted by molar-refractivity contribution is 0.291. The highest BCUT2D eigenvalue weighted by Crippen LogP contribution is 2.24. The quantitative estimate of drug-likeness (QED) is 0.686. The molecule has 0 aliphatic carbocycles. The number of nitrogens with zero attached hydrogens (tertiary/aromatic N) is 1. The predicted octanol–water partition coefficient (Wildman–Crippen LogP) is 3.01. The fourth-order valence-corrected chi connectivity index (χ4v) is 1.82. The minimum absolute atomic E-state index is 0.557. The van der Waals surface area contributed by atoms with Crippen LogP contribution in [0.4, 0.5) is 0 Å². The second-order valence-corrected chi connectivity index (χ2v) is 3.74. The summed E-state index contributed by atoms with van der Waals surface area (Å²) in [6.07, 6.45) is 1.16. The lowest BCUT2D eigenvalue weighted by Crippen LogP contribution is -2.19. The first-order chi connectivity index (χ1) is 6.16. The van der Waals surface area contributed by atoms with Gasteiger partial charge in [0.25, 0.3) is 0 Å². The molecule has 0 heterocycles. The maximum atomic E-state index is 2.28. The lowest BCUT2D eigenvalue weighted by Gasteiger charge is -2.24. The number of aryl methyl sites for hydroxylation is 1. The molecule has 1 heteroatoms. The second-order valence-electron chi connectivity index (χ2n) is 3.74. The number of benzene rings is 1. The van der Waals surface area contributed by atoms with E-state index >= 15 is 0 Å². The van der Waals surface area contributed by atoms with Crippen LogP contribution in [0.2, 0.25) is 0 Å². The van der Waals surface area contributed by atoms with E-state index < -0.39 is 0 Å². The van der Waals surface area contributed by atoms with E-state index in [0.717, 1.165) is 6.42 Å². The van der Waals surface area contributed by atoms with Crippen LogP contribution in [0.5, 0.6) is 0 Å². The molecule has 0 N–H and O–H groups in total.